The van der Waals surface area contributed by atoms with E-state index in [1.807, 2.05) is 6.92 Å². The molecule has 1 fully saturated rings. The van der Waals surface area contributed by atoms with Gasteiger partial charge in [-0.15, -0.1) is 0 Å². The Hall–Kier alpha value is -0.870. The Morgan fingerprint density at radius 3 is 3.17 bits per heavy atom. The van der Waals surface area contributed by atoms with Crippen LogP contribution in [-0.4, -0.2) is 29.7 Å². The van der Waals surface area contributed by atoms with Gasteiger partial charge in [-0.05, 0) is 51.6 Å². The maximum absolute atomic E-state index is 5.91. The van der Waals surface area contributed by atoms with Crippen molar-refractivity contribution in [2.24, 2.45) is 5.92 Å². The van der Waals surface area contributed by atoms with Crippen LogP contribution in [0.3, 0.4) is 0 Å². The van der Waals surface area contributed by atoms with Gasteiger partial charge >= 0.3 is 6.01 Å². The molecule has 0 amide bonds. The highest BCUT2D eigenvalue weighted by Gasteiger charge is 2.12. The molecule has 2 heterocycles. The van der Waals surface area contributed by atoms with Crippen molar-refractivity contribution in [3.05, 3.63) is 16.9 Å². The topological polar surface area (TPSA) is 47.0 Å². The summed E-state index contributed by atoms with van der Waals surface area (Å²) >= 11 is 5.91. The molecule has 1 N–H and O–H groups in total. The molecule has 18 heavy (non-hydrogen) atoms. The summed E-state index contributed by atoms with van der Waals surface area (Å²) in [6, 6.07) is 0.382. The van der Waals surface area contributed by atoms with E-state index in [-0.39, 0.29) is 0 Å². The van der Waals surface area contributed by atoms with Gasteiger partial charge in [-0.2, -0.15) is 4.98 Å². The zero-order chi connectivity index (χ0) is 12.8. The van der Waals surface area contributed by atoms with E-state index in [4.69, 9.17) is 16.3 Å². The fourth-order valence-electron chi connectivity index (χ4n) is 2.18. The van der Waals surface area contributed by atoms with Gasteiger partial charge in [-0.25, -0.2) is 4.98 Å². The van der Waals surface area contributed by atoms with Gasteiger partial charge in [-0.1, -0.05) is 11.6 Å². The number of rotatable bonds is 5. The Morgan fingerprint density at radius 2 is 2.44 bits per heavy atom. The predicted octanol–water partition coefficient (Wildman–Crippen LogP) is 2.60. The Kier molecular flexibility index (Phi) is 5.20. The highest BCUT2D eigenvalue weighted by molar-refractivity contribution is 6.30. The molecule has 1 aliphatic rings. The van der Waals surface area contributed by atoms with Crippen molar-refractivity contribution >= 4 is 11.6 Å². The normalized spacial score (nSPS) is 19.8. The van der Waals surface area contributed by atoms with Crippen molar-refractivity contribution in [2.75, 3.05) is 19.7 Å². The highest BCUT2D eigenvalue weighted by atomic mass is 35.5. The molecule has 1 unspecified atom stereocenters. The molecule has 5 heteroatoms. The number of aryl methyl sites for hydroxylation is 1. The van der Waals surface area contributed by atoms with Crippen LogP contribution in [0.4, 0.5) is 0 Å². The van der Waals surface area contributed by atoms with Gasteiger partial charge < -0.3 is 10.1 Å². The summed E-state index contributed by atoms with van der Waals surface area (Å²) in [5, 5.41) is 3.89. The minimum absolute atomic E-state index is 0.382. The van der Waals surface area contributed by atoms with E-state index in [0.29, 0.717) is 17.8 Å². The van der Waals surface area contributed by atoms with Crippen LogP contribution < -0.4 is 10.1 Å². The summed E-state index contributed by atoms with van der Waals surface area (Å²) in [6.07, 6.45) is 6.56. The zero-order valence-electron chi connectivity index (χ0n) is 10.8. The molecule has 4 nitrogen and oxygen atoms in total. The summed E-state index contributed by atoms with van der Waals surface area (Å²) in [5.41, 5.74) is 0.872. The molecule has 0 saturated carbocycles. The van der Waals surface area contributed by atoms with E-state index in [1.165, 1.54) is 25.8 Å². The van der Waals surface area contributed by atoms with Crippen LogP contribution in [0.5, 0.6) is 6.01 Å². The first-order valence-electron chi connectivity index (χ1n) is 6.58. The minimum Gasteiger partial charge on any atom is -0.463 e. The van der Waals surface area contributed by atoms with Crippen LogP contribution in [0.15, 0.2) is 6.20 Å². The smallest absolute Gasteiger partial charge is 0.317 e. The molecule has 1 aromatic heterocycles. The van der Waals surface area contributed by atoms with Gasteiger partial charge in [0.15, 0.2) is 0 Å². The van der Waals surface area contributed by atoms with Crippen molar-refractivity contribution in [1.82, 2.24) is 15.3 Å². The van der Waals surface area contributed by atoms with Crippen molar-refractivity contribution in [3.63, 3.8) is 0 Å². The SMILES string of the molecule is Cc1cnc(OCCCC2CCCNC2)nc1Cl. The molecule has 2 rings (SSSR count). The number of halogens is 1. The number of ether oxygens (including phenoxy) is 1. The lowest BCUT2D eigenvalue weighted by molar-refractivity contribution is 0.259. The maximum atomic E-state index is 5.91. The first-order valence-corrected chi connectivity index (χ1v) is 6.96. The fraction of sp³-hybridized carbons (Fsp3) is 0.692. The number of nitrogens with zero attached hydrogens (tertiary/aromatic N) is 2. The average Bonchev–Trinajstić information content (AvgIpc) is 2.40. The van der Waals surface area contributed by atoms with E-state index >= 15 is 0 Å². The molecule has 0 aromatic carbocycles. The zero-order valence-corrected chi connectivity index (χ0v) is 11.5. The Morgan fingerprint density at radius 1 is 1.56 bits per heavy atom. The summed E-state index contributed by atoms with van der Waals surface area (Å²) in [4.78, 5) is 8.17. The van der Waals surface area contributed by atoms with Gasteiger partial charge in [-0.3, -0.25) is 0 Å². The van der Waals surface area contributed by atoms with Crippen molar-refractivity contribution in [2.45, 2.75) is 32.6 Å². The predicted molar refractivity (Wildman–Crippen MR) is 72.1 cm³/mol. The second-order valence-electron chi connectivity index (χ2n) is 4.83. The second kappa shape index (κ2) is 6.90. The van der Waals surface area contributed by atoms with Crippen molar-refractivity contribution in [3.8, 4) is 6.01 Å². The Balaban J connectivity index is 1.66. The summed E-state index contributed by atoms with van der Waals surface area (Å²) in [7, 11) is 0. The summed E-state index contributed by atoms with van der Waals surface area (Å²) in [5.74, 6) is 0.796. The second-order valence-corrected chi connectivity index (χ2v) is 5.19. The molecular formula is C13H20ClN3O. The van der Waals surface area contributed by atoms with Crippen LogP contribution in [0.2, 0.25) is 5.15 Å². The lowest BCUT2D eigenvalue weighted by atomic mass is 9.95. The molecule has 0 spiro atoms. The Bertz CT molecular complexity index is 380. The quantitative estimate of drug-likeness (QED) is 0.659. The lowest BCUT2D eigenvalue weighted by Gasteiger charge is -2.22. The number of aromatic nitrogens is 2. The third-order valence-electron chi connectivity index (χ3n) is 3.27. The first kappa shape index (κ1) is 13.6. The van der Waals surface area contributed by atoms with Crippen LogP contribution in [-0.2, 0) is 0 Å². The van der Waals surface area contributed by atoms with E-state index in [9.17, 15) is 0 Å². The summed E-state index contributed by atoms with van der Waals surface area (Å²) < 4.78 is 5.51. The maximum Gasteiger partial charge on any atom is 0.317 e. The molecule has 0 aliphatic carbocycles. The van der Waals surface area contributed by atoms with E-state index in [1.54, 1.807) is 6.20 Å². The molecular weight excluding hydrogens is 250 g/mol. The molecule has 1 atom stereocenters. The molecule has 1 saturated heterocycles. The first-order chi connectivity index (χ1) is 8.75. The largest absolute Gasteiger partial charge is 0.463 e. The Labute approximate surface area is 113 Å². The third kappa shape index (κ3) is 4.10. The lowest BCUT2D eigenvalue weighted by Crippen LogP contribution is -2.29. The van der Waals surface area contributed by atoms with Crippen LogP contribution in [0, 0.1) is 12.8 Å². The third-order valence-corrected chi connectivity index (χ3v) is 3.66. The van der Waals surface area contributed by atoms with Gasteiger partial charge in [0.2, 0.25) is 0 Å². The van der Waals surface area contributed by atoms with Crippen LogP contribution in [0.1, 0.15) is 31.2 Å². The number of nitrogens with one attached hydrogen (secondary N) is 1. The van der Waals surface area contributed by atoms with Crippen LogP contribution in [0.25, 0.3) is 0 Å². The molecule has 1 aromatic rings. The summed E-state index contributed by atoms with van der Waals surface area (Å²) in [6.45, 7) is 4.85. The number of piperidine rings is 1. The number of hydrogen-bond donors (Lipinski definition) is 1. The molecule has 0 bridgehead atoms. The fourth-order valence-corrected chi connectivity index (χ4v) is 2.30. The van der Waals surface area contributed by atoms with Gasteiger partial charge in [0.05, 0.1) is 6.61 Å². The number of hydrogen-bond acceptors (Lipinski definition) is 4. The van der Waals surface area contributed by atoms with E-state index in [0.717, 1.165) is 24.4 Å². The minimum atomic E-state index is 0.382. The highest BCUT2D eigenvalue weighted by Crippen LogP contribution is 2.17. The van der Waals surface area contributed by atoms with Crippen LogP contribution >= 0.6 is 11.6 Å². The van der Waals surface area contributed by atoms with Crippen molar-refractivity contribution < 1.29 is 4.74 Å². The van der Waals surface area contributed by atoms with E-state index < -0.39 is 0 Å². The monoisotopic (exact) mass is 269 g/mol. The van der Waals surface area contributed by atoms with E-state index in [2.05, 4.69) is 15.3 Å². The van der Waals surface area contributed by atoms with Crippen molar-refractivity contribution in [1.29, 1.82) is 0 Å². The van der Waals surface area contributed by atoms with Gasteiger partial charge in [0, 0.05) is 11.8 Å². The van der Waals surface area contributed by atoms with Gasteiger partial charge in [0.1, 0.15) is 5.15 Å². The standard InChI is InChI=1S/C13H20ClN3O/c1-10-8-16-13(17-12(10)14)18-7-3-5-11-4-2-6-15-9-11/h8,11,15H,2-7,9H2,1H3. The van der Waals surface area contributed by atoms with Gasteiger partial charge in [0.25, 0.3) is 0 Å². The molecule has 1 aliphatic heterocycles. The molecule has 100 valence electrons. The molecule has 0 radical (unpaired) electrons. The average molecular weight is 270 g/mol.